The predicted octanol–water partition coefficient (Wildman–Crippen LogP) is -0.336. The third kappa shape index (κ3) is 3.95. The molecule has 0 saturated carbocycles. The molecule has 19 heavy (non-hydrogen) atoms. The molecule has 7 heteroatoms. The molecular weight excluding hydrogens is 246 g/mol. The van der Waals surface area contributed by atoms with Gasteiger partial charge in [0.25, 0.3) is 0 Å². The molecule has 108 valence electrons. The second-order valence-electron chi connectivity index (χ2n) is 6.00. The van der Waals surface area contributed by atoms with Crippen LogP contribution in [0.5, 0.6) is 0 Å². The van der Waals surface area contributed by atoms with Gasteiger partial charge in [0.2, 0.25) is 0 Å². The Kier molecular flexibility index (Phi) is 4.49. The monoisotopic (exact) mass is 269 g/mol. The van der Waals surface area contributed by atoms with E-state index in [0.29, 0.717) is 13.1 Å². The average Bonchev–Trinajstić information content (AvgIpc) is 2.78. The number of aliphatic hydroxyl groups excluding tert-OH is 1. The van der Waals surface area contributed by atoms with Crippen LogP contribution in [0.1, 0.15) is 26.6 Å². The van der Waals surface area contributed by atoms with Crippen molar-refractivity contribution < 1.29 is 9.84 Å². The van der Waals surface area contributed by atoms with Crippen molar-refractivity contribution in [2.45, 2.75) is 38.8 Å². The fraction of sp³-hybridized carbons (Fsp3) is 0.917. The summed E-state index contributed by atoms with van der Waals surface area (Å²) in [5.74, 6) is 0.800. The zero-order chi connectivity index (χ0) is 13.9. The van der Waals surface area contributed by atoms with Crippen molar-refractivity contribution in [3.63, 3.8) is 0 Å². The van der Waals surface area contributed by atoms with Gasteiger partial charge in [-0.2, -0.15) is 0 Å². The first-order chi connectivity index (χ1) is 8.97. The number of hydrogen-bond donors (Lipinski definition) is 1. The topological polar surface area (TPSA) is 76.3 Å². The van der Waals surface area contributed by atoms with Crippen molar-refractivity contribution >= 4 is 0 Å². The van der Waals surface area contributed by atoms with E-state index in [1.54, 1.807) is 4.68 Å². The van der Waals surface area contributed by atoms with Crippen molar-refractivity contribution in [3.05, 3.63) is 5.82 Å². The smallest absolute Gasteiger partial charge is 0.156 e. The molecule has 7 nitrogen and oxygen atoms in total. The van der Waals surface area contributed by atoms with Crippen LogP contribution in [0.3, 0.4) is 0 Å². The molecule has 1 aliphatic heterocycles. The maximum Gasteiger partial charge on any atom is 0.156 e. The minimum atomic E-state index is -0.470. The largest absolute Gasteiger partial charge is 0.390 e. The summed E-state index contributed by atoms with van der Waals surface area (Å²) in [5.41, 5.74) is -0.123. The van der Waals surface area contributed by atoms with Gasteiger partial charge in [-0.1, -0.05) is 20.8 Å². The minimum absolute atomic E-state index is 0.123. The standard InChI is InChI=1S/C12H23N5O2/c1-12(2,3)11-13-14-15-17(11)9-10(18)8-16-4-6-19-7-5-16/h10,18H,4-9H2,1-3H3. The van der Waals surface area contributed by atoms with Crippen LogP contribution in [-0.4, -0.2) is 69.2 Å². The first-order valence-corrected chi connectivity index (χ1v) is 6.71. The quantitative estimate of drug-likeness (QED) is 0.806. The van der Waals surface area contributed by atoms with Crippen molar-refractivity contribution in [2.24, 2.45) is 0 Å². The Hall–Kier alpha value is -1.05. The number of β-amino-alcohol motifs (C(OH)–C–C–N with tert-alkyl or cyclic N) is 1. The molecule has 1 unspecified atom stereocenters. The molecule has 1 aliphatic rings. The fourth-order valence-electron chi connectivity index (χ4n) is 2.20. The first-order valence-electron chi connectivity index (χ1n) is 6.71. The lowest BCUT2D eigenvalue weighted by molar-refractivity contribution is 0.0104. The van der Waals surface area contributed by atoms with E-state index in [1.807, 2.05) is 0 Å². The van der Waals surface area contributed by atoms with Gasteiger partial charge in [-0.15, -0.1) is 5.10 Å². The van der Waals surface area contributed by atoms with Crippen LogP contribution in [-0.2, 0) is 16.7 Å². The van der Waals surface area contributed by atoms with Gasteiger partial charge in [-0.3, -0.25) is 4.90 Å². The van der Waals surface area contributed by atoms with Gasteiger partial charge in [0.1, 0.15) is 0 Å². The van der Waals surface area contributed by atoms with Gasteiger partial charge in [0.15, 0.2) is 5.82 Å². The normalized spacial score (nSPS) is 19.6. The second-order valence-corrected chi connectivity index (χ2v) is 6.00. The van der Waals surface area contributed by atoms with Gasteiger partial charge in [0, 0.05) is 25.0 Å². The highest BCUT2D eigenvalue weighted by Crippen LogP contribution is 2.18. The SMILES string of the molecule is CC(C)(C)c1nnnn1CC(O)CN1CCOCC1. The molecule has 1 fully saturated rings. The molecule has 1 N–H and O–H groups in total. The second kappa shape index (κ2) is 5.94. The molecule has 0 spiro atoms. The van der Waals surface area contributed by atoms with E-state index in [4.69, 9.17) is 4.74 Å². The van der Waals surface area contributed by atoms with Crippen LogP contribution in [0.25, 0.3) is 0 Å². The third-order valence-corrected chi connectivity index (χ3v) is 3.16. The summed E-state index contributed by atoms with van der Waals surface area (Å²) >= 11 is 0. The van der Waals surface area contributed by atoms with E-state index >= 15 is 0 Å². The number of nitrogens with zero attached hydrogens (tertiary/aromatic N) is 5. The number of aromatic nitrogens is 4. The summed E-state index contributed by atoms with van der Waals surface area (Å²) < 4.78 is 6.99. The highest BCUT2D eigenvalue weighted by molar-refractivity contribution is 4.98. The summed E-state index contributed by atoms with van der Waals surface area (Å²) in [4.78, 5) is 2.20. The van der Waals surface area contributed by atoms with Crippen LogP contribution < -0.4 is 0 Å². The zero-order valence-electron chi connectivity index (χ0n) is 11.9. The van der Waals surface area contributed by atoms with Gasteiger partial charge in [-0.05, 0) is 10.4 Å². The van der Waals surface area contributed by atoms with Gasteiger partial charge < -0.3 is 9.84 Å². The molecule has 1 aromatic heterocycles. The summed E-state index contributed by atoms with van der Waals surface area (Å²) in [6.45, 7) is 10.5. The molecular formula is C12H23N5O2. The maximum atomic E-state index is 10.2. The Bertz CT molecular complexity index is 395. The fourth-order valence-corrected chi connectivity index (χ4v) is 2.20. The number of morpholine rings is 1. The highest BCUT2D eigenvalue weighted by atomic mass is 16.5. The molecule has 1 aromatic rings. The molecule has 0 aromatic carbocycles. The third-order valence-electron chi connectivity index (χ3n) is 3.16. The van der Waals surface area contributed by atoms with Crippen molar-refractivity contribution in [2.75, 3.05) is 32.8 Å². The van der Waals surface area contributed by atoms with Crippen molar-refractivity contribution in [1.82, 2.24) is 25.1 Å². The molecule has 0 radical (unpaired) electrons. The first kappa shape index (κ1) is 14.4. The number of aliphatic hydroxyl groups is 1. The minimum Gasteiger partial charge on any atom is -0.390 e. The van der Waals surface area contributed by atoms with Crippen LogP contribution >= 0.6 is 0 Å². The molecule has 2 heterocycles. The van der Waals surface area contributed by atoms with E-state index in [9.17, 15) is 5.11 Å². The van der Waals surface area contributed by atoms with Gasteiger partial charge >= 0.3 is 0 Å². The average molecular weight is 269 g/mol. The number of tetrazole rings is 1. The molecule has 1 atom stereocenters. The van der Waals surface area contributed by atoms with E-state index in [-0.39, 0.29) is 5.41 Å². The molecule has 0 amide bonds. The number of hydrogen-bond acceptors (Lipinski definition) is 6. The Morgan fingerprint density at radius 3 is 2.58 bits per heavy atom. The van der Waals surface area contributed by atoms with Gasteiger partial charge in [0.05, 0.1) is 25.9 Å². The van der Waals surface area contributed by atoms with Crippen molar-refractivity contribution in [1.29, 1.82) is 0 Å². The predicted molar refractivity (Wildman–Crippen MR) is 69.8 cm³/mol. The summed E-state index contributed by atoms with van der Waals surface area (Å²) in [6, 6.07) is 0. The lowest BCUT2D eigenvalue weighted by Crippen LogP contribution is -2.42. The van der Waals surface area contributed by atoms with Crippen molar-refractivity contribution in [3.8, 4) is 0 Å². The molecule has 0 bridgehead atoms. The highest BCUT2D eigenvalue weighted by Gasteiger charge is 2.24. The zero-order valence-corrected chi connectivity index (χ0v) is 11.9. The Labute approximate surface area is 113 Å². The van der Waals surface area contributed by atoms with Crippen LogP contribution in [0.15, 0.2) is 0 Å². The molecule has 1 saturated heterocycles. The number of rotatable bonds is 4. The Morgan fingerprint density at radius 2 is 1.95 bits per heavy atom. The molecule has 2 rings (SSSR count). The maximum absolute atomic E-state index is 10.2. The van der Waals surface area contributed by atoms with E-state index < -0.39 is 6.10 Å². The molecule has 0 aliphatic carbocycles. The summed E-state index contributed by atoms with van der Waals surface area (Å²) in [5, 5.41) is 21.9. The van der Waals surface area contributed by atoms with Crippen LogP contribution in [0, 0.1) is 0 Å². The van der Waals surface area contributed by atoms with Crippen LogP contribution in [0.2, 0.25) is 0 Å². The summed E-state index contributed by atoms with van der Waals surface area (Å²) in [7, 11) is 0. The number of ether oxygens (including phenoxy) is 1. The lowest BCUT2D eigenvalue weighted by Gasteiger charge is -2.28. The Morgan fingerprint density at radius 1 is 1.26 bits per heavy atom. The summed E-state index contributed by atoms with van der Waals surface area (Å²) in [6.07, 6.45) is -0.470. The van der Waals surface area contributed by atoms with E-state index in [2.05, 4.69) is 41.2 Å². The Balaban J connectivity index is 1.91. The van der Waals surface area contributed by atoms with E-state index in [0.717, 1.165) is 32.1 Å². The van der Waals surface area contributed by atoms with E-state index in [1.165, 1.54) is 0 Å². The van der Waals surface area contributed by atoms with Crippen LogP contribution in [0.4, 0.5) is 0 Å². The lowest BCUT2D eigenvalue weighted by atomic mass is 9.96. The van der Waals surface area contributed by atoms with Gasteiger partial charge in [-0.25, -0.2) is 4.68 Å².